The van der Waals surface area contributed by atoms with Crippen LogP contribution in [0.2, 0.25) is 0 Å². The molecule has 0 N–H and O–H groups in total. The van der Waals surface area contributed by atoms with Gasteiger partial charge in [-0.1, -0.05) is 23.3 Å². The number of imidazole rings is 1. The Bertz CT molecular complexity index is 890. The molecular weight excluding hydrogens is 292 g/mol. The maximum Gasteiger partial charge on any atom is 0.332 e. The van der Waals surface area contributed by atoms with E-state index in [0.717, 1.165) is 12.8 Å². The van der Waals surface area contributed by atoms with Gasteiger partial charge in [-0.05, 0) is 33.6 Å². The Balaban J connectivity index is 2.34. The van der Waals surface area contributed by atoms with Crippen molar-refractivity contribution in [1.82, 2.24) is 18.7 Å². The highest BCUT2D eigenvalue weighted by Gasteiger charge is 2.13. The summed E-state index contributed by atoms with van der Waals surface area (Å²) in [7, 11) is 3.39. The lowest BCUT2D eigenvalue weighted by atomic mass is 10.1. The Morgan fingerprint density at radius 1 is 1.17 bits per heavy atom. The molecule has 0 bridgehead atoms. The smallest absolute Gasteiger partial charge is 0.328 e. The highest BCUT2D eigenvalue weighted by molar-refractivity contribution is 5.69. The molecule has 2 aromatic rings. The zero-order valence-corrected chi connectivity index (χ0v) is 14.5. The van der Waals surface area contributed by atoms with Crippen molar-refractivity contribution >= 4 is 11.2 Å². The minimum Gasteiger partial charge on any atom is -0.328 e. The van der Waals surface area contributed by atoms with Crippen molar-refractivity contribution in [1.29, 1.82) is 0 Å². The number of rotatable bonds is 5. The van der Waals surface area contributed by atoms with E-state index < -0.39 is 0 Å². The van der Waals surface area contributed by atoms with Crippen LogP contribution in [-0.2, 0) is 20.6 Å². The molecule has 0 spiro atoms. The van der Waals surface area contributed by atoms with Crippen molar-refractivity contribution in [2.45, 2.75) is 40.2 Å². The Kier molecular flexibility index (Phi) is 5.03. The number of fused-ring (bicyclic) bond motifs is 1. The van der Waals surface area contributed by atoms with Crippen molar-refractivity contribution in [3.05, 3.63) is 50.5 Å². The third-order valence-corrected chi connectivity index (χ3v) is 3.91. The second-order valence-electron chi connectivity index (χ2n) is 6.16. The summed E-state index contributed by atoms with van der Waals surface area (Å²) in [6, 6.07) is 0. The number of aryl methyl sites for hydroxylation is 2. The van der Waals surface area contributed by atoms with E-state index in [2.05, 4.69) is 24.9 Å². The van der Waals surface area contributed by atoms with E-state index in [-0.39, 0.29) is 17.8 Å². The quantitative estimate of drug-likeness (QED) is 0.794. The first-order valence-corrected chi connectivity index (χ1v) is 7.72. The molecule has 0 aliphatic rings. The topological polar surface area (TPSA) is 61.8 Å². The van der Waals surface area contributed by atoms with Crippen molar-refractivity contribution in [2.75, 3.05) is 0 Å². The highest BCUT2D eigenvalue weighted by atomic mass is 16.2. The molecule has 2 aromatic heterocycles. The summed E-state index contributed by atoms with van der Waals surface area (Å²) in [6.07, 6.45) is 7.58. The second kappa shape index (κ2) is 6.81. The first kappa shape index (κ1) is 17.0. The molecule has 0 atom stereocenters. The maximum atomic E-state index is 12.5. The molecule has 2 rings (SSSR count). The van der Waals surface area contributed by atoms with Crippen LogP contribution < -0.4 is 11.2 Å². The van der Waals surface area contributed by atoms with Crippen LogP contribution in [0.1, 0.15) is 33.6 Å². The van der Waals surface area contributed by atoms with Crippen LogP contribution in [0.4, 0.5) is 0 Å². The fraction of sp³-hybridized carbons (Fsp3) is 0.471. The number of hydrogen-bond donors (Lipinski definition) is 0. The van der Waals surface area contributed by atoms with E-state index in [4.69, 9.17) is 0 Å². The van der Waals surface area contributed by atoms with Gasteiger partial charge in [0.05, 0.1) is 6.33 Å². The van der Waals surface area contributed by atoms with Gasteiger partial charge in [0, 0.05) is 20.6 Å². The predicted octanol–water partition coefficient (Wildman–Crippen LogP) is 2.13. The average molecular weight is 316 g/mol. The molecule has 23 heavy (non-hydrogen) atoms. The van der Waals surface area contributed by atoms with Gasteiger partial charge in [-0.15, -0.1) is 0 Å². The largest absolute Gasteiger partial charge is 0.332 e. The SMILES string of the molecule is CC(C)=CCCC(C)=CCn1c(=O)c2c(ncn2C)n(C)c1=O. The lowest BCUT2D eigenvalue weighted by Crippen LogP contribution is -2.39. The summed E-state index contributed by atoms with van der Waals surface area (Å²) in [5.74, 6) is 0. The molecule has 0 radical (unpaired) electrons. The van der Waals surface area contributed by atoms with E-state index in [9.17, 15) is 9.59 Å². The number of nitrogens with zero attached hydrogens (tertiary/aromatic N) is 4. The van der Waals surface area contributed by atoms with Gasteiger partial charge in [0.25, 0.3) is 5.56 Å². The molecule has 0 amide bonds. The van der Waals surface area contributed by atoms with Crippen LogP contribution in [0.15, 0.2) is 39.2 Å². The summed E-state index contributed by atoms with van der Waals surface area (Å²) in [5.41, 5.74) is 2.70. The van der Waals surface area contributed by atoms with E-state index in [1.54, 1.807) is 25.0 Å². The molecule has 2 heterocycles. The third-order valence-electron chi connectivity index (χ3n) is 3.91. The van der Waals surface area contributed by atoms with E-state index in [0.29, 0.717) is 11.2 Å². The zero-order valence-electron chi connectivity index (χ0n) is 14.5. The molecule has 0 unspecified atom stereocenters. The lowest BCUT2D eigenvalue weighted by molar-refractivity contribution is 0.661. The fourth-order valence-electron chi connectivity index (χ4n) is 2.49. The molecular formula is C17H24N4O2. The van der Waals surface area contributed by atoms with Gasteiger partial charge in [0.1, 0.15) is 0 Å². The maximum absolute atomic E-state index is 12.5. The lowest BCUT2D eigenvalue weighted by Gasteiger charge is -2.07. The van der Waals surface area contributed by atoms with Crippen LogP contribution in [0.25, 0.3) is 11.2 Å². The molecule has 0 aliphatic heterocycles. The summed E-state index contributed by atoms with van der Waals surface area (Å²) in [4.78, 5) is 29.0. The van der Waals surface area contributed by atoms with Crippen LogP contribution in [0.3, 0.4) is 0 Å². The normalized spacial score (nSPS) is 12.0. The van der Waals surface area contributed by atoms with Crippen molar-refractivity contribution < 1.29 is 0 Å². The number of aromatic nitrogens is 4. The minimum atomic E-state index is -0.338. The Morgan fingerprint density at radius 3 is 2.52 bits per heavy atom. The molecule has 6 nitrogen and oxygen atoms in total. The highest BCUT2D eigenvalue weighted by Crippen LogP contribution is 2.07. The molecule has 0 aromatic carbocycles. The van der Waals surface area contributed by atoms with Gasteiger partial charge < -0.3 is 4.57 Å². The number of hydrogen-bond acceptors (Lipinski definition) is 3. The monoisotopic (exact) mass is 316 g/mol. The first-order chi connectivity index (χ1) is 10.8. The van der Waals surface area contributed by atoms with Crippen LogP contribution in [0, 0.1) is 0 Å². The predicted molar refractivity (Wildman–Crippen MR) is 92.6 cm³/mol. The zero-order chi connectivity index (χ0) is 17.1. The van der Waals surface area contributed by atoms with Gasteiger partial charge in [0.2, 0.25) is 0 Å². The van der Waals surface area contributed by atoms with E-state index in [1.165, 1.54) is 20.3 Å². The Morgan fingerprint density at radius 2 is 1.87 bits per heavy atom. The molecule has 124 valence electrons. The fourth-order valence-corrected chi connectivity index (χ4v) is 2.49. The first-order valence-electron chi connectivity index (χ1n) is 7.72. The second-order valence-corrected chi connectivity index (χ2v) is 6.16. The van der Waals surface area contributed by atoms with Gasteiger partial charge in [0.15, 0.2) is 11.2 Å². The van der Waals surface area contributed by atoms with Crippen molar-refractivity contribution in [3.8, 4) is 0 Å². The van der Waals surface area contributed by atoms with Crippen molar-refractivity contribution in [2.24, 2.45) is 14.1 Å². The van der Waals surface area contributed by atoms with Crippen molar-refractivity contribution in [3.63, 3.8) is 0 Å². The molecule has 0 aliphatic carbocycles. The average Bonchev–Trinajstić information content (AvgIpc) is 2.86. The van der Waals surface area contributed by atoms with E-state index in [1.807, 2.05) is 13.0 Å². The Hall–Kier alpha value is -2.37. The summed E-state index contributed by atoms with van der Waals surface area (Å²) in [5, 5.41) is 0. The van der Waals surface area contributed by atoms with Crippen LogP contribution in [-0.4, -0.2) is 18.7 Å². The number of allylic oxidation sites excluding steroid dienone is 4. The van der Waals surface area contributed by atoms with Gasteiger partial charge in [-0.3, -0.25) is 13.9 Å². The summed E-state index contributed by atoms with van der Waals surface area (Å²) < 4.78 is 4.33. The summed E-state index contributed by atoms with van der Waals surface area (Å²) >= 11 is 0. The minimum absolute atomic E-state index is 0.285. The van der Waals surface area contributed by atoms with Gasteiger partial charge in [-0.25, -0.2) is 9.78 Å². The van der Waals surface area contributed by atoms with Crippen LogP contribution >= 0.6 is 0 Å². The van der Waals surface area contributed by atoms with Crippen LogP contribution in [0.5, 0.6) is 0 Å². The summed E-state index contributed by atoms with van der Waals surface area (Å²) in [6.45, 7) is 6.46. The standard InChI is InChI=1S/C17H24N4O2/c1-12(2)7-6-8-13(3)9-10-21-16(22)14-15(18-11-19(14)4)20(5)17(21)23/h7,9,11H,6,8,10H2,1-5H3. The van der Waals surface area contributed by atoms with E-state index >= 15 is 0 Å². The molecule has 0 saturated carbocycles. The molecule has 0 saturated heterocycles. The molecule has 6 heteroatoms. The third kappa shape index (κ3) is 3.52. The molecule has 0 fully saturated rings. The van der Waals surface area contributed by atoms with Gasteiger partial charge >= 0.3 is 5.69 Å². The van der Waals surface area contributed by atoms with Gasteiger partial charge in [-0.2, -0.15) is 0 Å². The Labute approximate surface area is 135 Å².